The molecule has 1 aromatic carbocycles. The lowest BCUT2D eigenvalue weighted by molar-refractivity contribution is -0.122. The first kappa shape index (κ1) is 16.3. The molecule has 5 nitrogen and oxygen atoms in total. The second-order valence-corrected chi connectivity index (χ2v) is 4.94. The largest absolute Gasteiger partial charge is 0.484 e. The van der Waals surface area contributed by atoms with Crippen molar-refractivity contribution in [1.82, 2.24) is 5.32 Å². The molecule has 0 aliphatic carbocycles. The lowest BCUT2D eigenvalue weighted by Gasteiger charge is -2.23. The second kappa shape index (κ2) is 8.43. The Hall–Kier alpha value is -1.75. The number of hydrogen-bond acceptors (Lipinski definition) is 4. The number of nitrogens with one attached hydrogen (secondary N) is 2. The van der Waals surface area contributed by atoms with Crippen molar-refractivity contribution < 1.29 is 14.3 Å². The van der Waals surface area contributed by atoms with Crippen LogP contribution < -0.4 is 15.4 Å². The van der Waals surface area contributed by atoms with Gasteiger partial charge in [0, 0.05) is 25.9 Å². The Morgan fingerprint density at radius 1 is 1.35 bits per heavy atom. The van der Waals surface area contributed by atoms with Gasteiger partial charge in [-0.1, -0.05) is 19.9 Å². The summed E-state index contributed by atoms with van der Waals surface area (Å²) in [4.78, 5) is 11.2. The molecule has 20 heavy (non-hydrogen) atoms. The lowest BCUT2D eigenvalue weighted by Crippen LogP contribution is -2.30. The smallest absolute Gasteiger partial charge is 0.257 e. The van der Waals surface area contributed by atoms with Crippen LogP contribution in [0.15, 0.2) is 24.3 Å². The minimum atomic E-state index is -0.150. The maximum atomic E-state index is 11.2. The molecule has 1 atom stereocenters. The number of rotatable bonds is 8. The van der Waals surface area contributed by atoms with Crippen molar-refractivity contribution in [2.75, 3.05) is 32.7 Å². The molecule has 0 saturated carbocycles. The van der Waals surface area contributed by atoms with E-state index < -0.39 is 0 Å². The number of benzene rings is 1. The number of anilines is 1. The Labute approximate surface area is 120 Å². The van der Waals surface area contributed by atoms with E-state index in [0.717, 1.165) is 5.69 Å². The fourth-order valence-corrected chi connectivity index (χ4v) is 1.69. The van der Waals surface area contributed by atoms with Gasteiger partial charge in [-0.3, -0.25) is 4.79 Å². The van der Waals surface area contributed by atoms with Gasteiger partial charge in [0.05, 0.1) is 12.6 Å². The number of methoxy groups -OCH3 is 1. The van der Waals surface area contributed by atoms with Gasteiger partial charge >= 0.3 is 0 Å². The fraction of sp³-hybridized carbons (Fsp3) is 0.533. The number of carbonyl (C=O) groups is 1. The summed E-state index contributed by atoms with van der Waals surface area (Å²) in [5.74, 6) is 0.965. The molecule has 0 bridgehead atoms. The average molecular weight is 280 g/mol. The third-order valence-electron chi connectivity index (χ3n) is 2.99. The summed E-state index contributed by atoms with van der Waals surface area (Å²) >= 11 is 0. The molecule has 1 aromatic rings. The second-order valence-electron chi connectivity index (χ2n) is 4.94. The summed E-state index contributed by atoms with van der Waals surface area (Å²) in [6.45, 7) is 4.94. The first-order valence-electron chi connectivity index (χ1n) is 6.75. The van der Waals surface area contributed by atoms with E-state index in [1.54, 1.807) is 14.2 Å². The lowest BCUT2D eigenvalue weighted by atomic mass is 10.1. The van der Waals surface area contributed by atoms with Crippen molar-refractivity contribution in [3.05, 3.63) is 24.3 Å². The third kappa shape index (κ3) is 5.48. The first-order chi connectivity index (χ1) is 9.56. The topological polar surface area (TPSA) is 59.6 Å². The van der Waals surface area contributed by atoms with Crippen LogP contribution in [-0.2, 0) is 9.53 Å². The Balaban J connectivity index is 2.64. The molecule has 0 radical (unpaired) electrons. The van der Waals surface area contributed by atoms with E-state index in [1.165, 1.54) is 0 Å². The van der Waals surface area contributed by atoms with Crippen molar-refractivity contribution in [3.63, 3.8) is 0 Å². The van der Waals surface area contributed by atoms with Crippen molar-refractivity contribution in [1.29, 1.82) is 0 Å². The van der Waals surface area contributed by atoms with Gasteiger partial charge in [-0.15, -0.1) is 0 Å². The number of ether oxygens (including phenoxy) is 2. The molecule has 5 heteroatoms. The van der Waals surface area contributed by atoms with Crippen LogP contribution in [0, 0.1) is 5.92 Å². The Morgan fingerprint density at radius 2 is 2.10 bits per heavy atom. The molecule has 2 N–H and O–H groups in total. The van der Waals surface area contributed by atoms with Crippen LogP contribution in [0.25, 0.3) is 0 Å². The molecular weight excluding hydrogens is 256 g/mol. The van der Waals surface area contributed by atoms with Crippen molar-refractivity contribution in [3.8, 4) is 5.75 Å². The van der Waals surface area contributed by atoms with E-state index in [1.807, 2.05) is 24.3 Å². The van der Waals surface area contributed by atoms with Crippen LogP contribution in [0.2, 0.25) is 0 Å². The maximum absolute atomic E-state index is 11.2. The average Bonchev–Trinajstić information content (AvgIpc) is 2.44. The molecule has 1 unspecified atom stereocenters. The van der Waals surface area contributed by atoms with Gasteiger partial charge in [-0.2, -0.15) is 0 Å². The van der Waals surface area contributed by atoms with Gasteiger partial charge < -0.3 is 20.1 Å². The summed E-state index contributed by atoms with van der Waals surface area (Å²) in [6.07, 6.45) is 0. The number of hydrogen-bond donors (Lipinski definition) is 2. The van der Waals surface area contributed by atoms with Crippen LogP contribution >= 0.6 is 0 Å². The van der Waals surface area contributed by atoms with Gasteiger partial charge in [-0.05, 0) is 18.1 Å². The highest BCUT2D eigenvalue weighted by atomic mass is 16.5. The van der Waals surface area contributed by atoms with E-state index in [-0.39, 0.29) is 18.6 Å². The van der Waals surface area contributed by atoms with Crippen LogP contribution in [0.1, 0.15) is 13.8 Å². The van der Waals surface area contributed by atoms with Crippen LogP contribution in [0.3, 0.4) is 0 Å². The molecule has 0 aliphatic heterocycles. The highest BCUT2D eigenvalue weighted by molar-refractivity contribution is 5.77. The van der Waals surface area contributed by atoms with E-state index >= 15 is 0 Å². The molecule has 0 fully saturated rings. The summed E-state index contributed by atoms with van der Waals surface area (Å²) in [6, 6.07) is 7.81. The predicted octanol–water partition coefficient (Wildman–Crippen LogP) is 1.89. The van der Waals surface area contributed by atoms with Crippen LogP contribution in [-0.4, -0.2) is 39.3 Å². The summed E-state index contributed by atoms with van der Waals surface area (Å²) in [5, 5.41) is 5.93. The van der Waals surface area contributed by atoms with Gasteiger partial charge in [0.15, 0.2) is 6.61 Å². The van der Waals surface area contributed by atoms with Crippen LogP contribution in [0.4, 0.5) is 5.69 Å². The zero-order chi connectivity index (χ0) is 15.0. The summed E-state index contributed by atoms with van der Waals surface area (Å²) < 4.78 is 10.6. The SMILES string of the molecule is CNC(=O)COc1cccc(NC(COC)C(C)C)c1. The minimum Gasteiger partial charge on any atom is -0.484 e. The normalized spacial score (nSPS) is 12.1. The molecule has 1 rings (SSSR count). The van der Waals surface area contributed by atoms with Gasteiger partial charge in [0.2, 0.25) is 0 Å². The van der Waals surface area contributed by atoms with Gasteiger partial charge in [0.25, 0.3) is 5.91 Å². The van der Waals surface area contributed by atoms with Gasteiger partial charge in [0.1, 0.15) is 5.75 Å². The quantitative estimate of drug-likeness (QED) is 0.763. The summed E-state index contributed by atoms with van der Waals surface area (Å²) in [5.41, 5.74) is 0.954. The highest BCUT2D eigenvalue weighted by Gasteiger charge is 2.13. The van der Waals surface area contributed by atoms with Crippen molar-refractivity contribution in [2.24, 2.45) is 5.92 Å². The molecule has 112 valence electrons. The minimum absolute atomic E-state index is 0.0195. The number of amides is 1. The van der Waals surface area contributed by atoms with E-state index in [4.69, 9.17) is 9.47 Å². The molecule has 0 aromatic heterocycles. The van der Waals surface area contributed by atoms with E-state index in [2.05, 4.69) is 24.5 Å². The maximum Gasteiger partial charge on any atom is 0.257 e. The Bertz CT molecular complexity index is 421. The molecule has 0 saturated heterocycles. The molecule has 0 spiro atoms. The van der Waals surface area contributed by atoms with Crippen molar-refractivity contribution >= 4 is 11.6 Å². The monoisotopic (exact) mass is 280 g/mol. The molecule has 1 amide bonds. The van der Waals surface area contributed by atoms with Crippen LogP contribution in [0.5, 0.6) is 5.75 Å². The summed E-state index contributed by atoms with van der Waals surface area (Å²) in [7, 11) is 3.28. The Morgan fingerprint density at radius 3 is 2.70 bits per heavy atom. The fourth-order valence-electron chi connectivity index (χ4n) is 1.69. The standard InChI is InChI=1S/C15H24N2O3/c1-11(2)14(9-19-4)17-12-6-5-7-13(8-12)20-10-15(18)16-3/h5-8,11,14,17H,9-10H2,1-4H3,(H,16,18). The highest BCUT2D eigenvalue weighted by Crippen LogP contribution is 2.19. The number of likely N-dealkylation sites (N-methyl/N-ethyl adjacent to an activating group) is 1. The molecule has 0 heterocycles. The van der Waals surface area contributed by atoms with E-state index in [9.17, 15) is 4.79 Å². The molecule has 0 aliphatic rings. The van der Waals surface area contributed by atoms with Crippen molar-refractivity contribution in [2.45, 2.75) is 19.9 Å². The zero-order valence-electron chi connectivity index (χ0n) is 12.6. The predicted molar refractivity (Wildman–Crippen MR) is 80.1 cm³/mol. The zero-order valence-corrected chi connectivity index (χ0v) is 12.6. The van der Waals surface area contributed by atoms with Gasteiger partial charge in [-0.25, -0.2) is 0 Å². The third-order valence-corrected chi connectivity index (χ3v) is 2.99. The first-order valence-corrected chi connectivity index (χ1v) is 6.75. The number of carbonyl (C=O) groups excluding carboxylic acids is 1. The molecular formula is C15H24N2O3. The van der Waals surface area contributed by atoms with E-state index in [0.29, 0.717) is 18.3 Å². The Kier molecular flexibility index (Phi) is 6.87.